The summed E-state index contributed by atoms with van der Waals surface area (Å²) in [6.45, 7) is 0.366. The van der Waals surface area contributed by atoms with Gasteiger partial charge >= 0.3 is 0 Å². The van der Waals surface area contributed by atoms with Crippen LogP contribution in [0.15, 0.2) is 54.7 Å². The lowest BCUT2D eigenvalue weighted by molar-refractivity contribution is -0.134. The van der Waals surface area contributed by atoms with E-state index in [1.807, 2.05) is 42.5 Å². The van der Waals surface area contributed by atoms with Gasteiger partial charge in [0, 0.05) is 23.9 Å². The Morgan fingerprint density at radius 3 is 2.75 bits per heavy atom. The molecule has 3 aromatic rings. The van der Waals surface area contributed by atoms with Gasteiger partial charge in [0.2, 0.25) is 17.7 Å². The van der Waals surface area contributed by atoms with Crippen LogP contribution in [0.2, 0.25) is 5.02 Å². The van der Waals surface area contributed by atoms with Crippen molar-refractivity contribution in [3.8, 4) is 11.1 Å². The minimum absolute atomic E-state index is 0.00574. The number of amides is 3. The van der Waals surface area contributed by atoms with Crippen LogP contribution in [0, 0.1) is 0 Å². The van der Waals surface area contributed by atoms with E-state index in [0.29, 0.717) is 36.4 Å². The number of nitrogens with one attached hydrogen (secondary N) is 1. The predicted molar refractivity (Wildman–Crippen MR) is 119 cm³/mol. The van der Waals surface area contributed by atoms with Crippen molar-refractivity contribution in [3.63, 3.8) is 0 Å². The van der Waals surface area contributed by atoms with Gasteiger partial charge in [0.15, 0.2) is 0 Å². The van der Waals surface area contributed by atoms with Crippen molar-refractivity contribution < 1.29 is 14.4 Å². The normalized spacial score (nSPS) is 18.0. The maximum atomic E-state index is 12.7. The van der Waals surface area contributed by atoms with Crippen molar-refractivity contribution in [2.24, 2.45) is 0 Å². The van der Waals surface area contributed by atoms with Crippen molar-refractivity contribution in [2.75, 3.05) is 4.90 Å². The monoisotopic (exact) mass is 446 g/mol. The van der Waals surface area contributed by atoms with Crippen molar-refractivity contribution in [1.82, 2.24) is 15.5 Å². The molecule has 0 spiro atoms. The average molecular weight is 447 g/mol. The number of rotatable bonds is 4. The first kappa shape index (κ1) is 20.3. The predicted octanol–water partition coefficient (Wildman–Crippen LogP) is 3.41. The molecule has 0 bridgehead atoms. The van der Waals surface area contributed by atoms with Crippen LogP contribution in [0.1, 0.15) is 35.6 Å². The minimum atomic E-state index is -0.460. The summed E-state index contributed by atoms with van der Waals surface area (Å²) < 4.78 is 0. The molecule has 160 valence electrons. The van der Waals surface area contributed by atoms with E-state index in [0.717, 1.165) is 28.1 Å². The molecule has 32 heavy (non-hydrogen) atoms. The van der Waals surface area contributed by atoms with Crippen LogP contribution in [-0.2, 0) is 27.3 Å². The number of halogens is 1. The quantitative estimate of drug-likeness (QED) is 0.620. The second-order valence-electron chi connectivity index (χ2n) is 7.93. The number of carbonyl (C=O) groups excluding carboxylic acids is 3. The van der Waals surface area contributed by atoms with Gasteiger partial charge in [-0.1, -0.05) is 35.9 Å². The molecule has 2 aromatic carbocycles. The zero-order valence-corrected chi connectivity index (χ0v) is 17.8. The van der Waals surface area contributed by atoms with E-state index in [-0.39, 0.29) is 17.7 Å². The van der Waals surface area contributed by atoms with E-state index >= 15 is 0 Å². The zero-order valence-electron chi connectivity index (χ0n) is 17.0. The molecule has 1 fully saturated rings. The molecule has 1 saturated heterocycles. The fourth-order valence-corrected chi connectivity index (χ4v) is 4.70. The summed E-state index contributed by atoms with van der Waals surface area (Å²) in [4.78, 5) is 38.2. The Kier molecular flexibility index (Phi) is 5.19. The van der Waals surface area contributed by atoms with Crippen LogP contribution >= 0.6 is 11.6 Å². The van der Waals surface area contributed by atoms with Crippen LogP contribution in [-0.4, -0.2) is 27.9 Å². The minimum Gasteiger partial charge on any atom is -0.306 e. The Bertz CT molecular complexity index is 1250. The lowest BCUT2D eigenvalue weighted by Gasteiger charge is -2.23. The topological polar surface area (TPSA) is 92.3 Å². The van der Waals surface area contributed by atoms with Gasteiger partial charge in [0.1, 0.15) is 0 Å². The number of anilines is 1. The smallest absolute Gasteiger partial charge is 0.234 e. The highest BCUT2D eigenvalue weighted by Crippen LogP contribution is 2.39. The van der Waals surface area contributed by atoms with Crippen LogP contribution in [0.5, 0.6) is 0 Å². The number of hydrogen-bond acceptors (Lipinski definition) is 5. The van der Waals surface area contributed by atoms with Gasteiger partial charge in [-0.2, -0.15) is 10.2 Å². The van der Waals surface area contributed by atoms with E-state index < -0.39 is 5.92 Å². The summed E-state index contributed by atoms with van der Waals surface area (Å²) in [5.74, 6) is -1.03. The van der Waals surface area contributed by atoms with Gasteiger partial charge in [0.05, 0.1) is 29.6 Å². The Morgan fingerprint density at radius 2 is 1.97 bits per heavy atom. The lowest BCUT2D eigenvalue weighted by Crippen LogP contribution is -2.39. The average Bonchev–Trinajstić information content (AvgIpc) is 3.09. The molecule has 0 aliphatic carbocycles. The van der Waals surface area contributed by atoms with Gasteiger partial charge in [0.25, 0.3) is 0 Å². The fourth-order valence-electron chi connectivity index (χ4n) is 4.34. The number of aromatic nitrogens is 2. The molecule has 8 heteroatoms. The lowest BCUT2D eigenvalue weighted by atomic mass is 9.88. The van der Waals surface area contributed by atoms with E-state index in [9.17, 15) is 14.4 Å². The Labute approximate surface area is 189 Å². The van der Waals surface area contributed by atoms with Crippen LogP contribution in [0.25, 0.3) is 11.1 Å². The van der Waals surface area contributed by atoms with Gasteiger partial charge in [-0.15, -0.1) is 0 Å². The third-order valence-electron chi connectivity index (χ3n) is 5.91. The first-order valence-electron chi connectivity index (χ1n) is 10.3. The van der Waals surface area contributed by atoms with Gasteiger partial charge in [-0.25, -0.2) is 0 Å². The number of hydrogen-bond donors (Lipinski definition) is 1. The van der Waals surface area contributed by atoms with Crippen LogP contribution < -0.4 is 10.2 Å². The molecule has 0 saturated carbocycles. The summed E-state index contributed by atoms with van der Waals surface area (Å²) in [7, 11) is 0. The van der Waals surface area contributed by atoms with Crippen LogP contribution in [0.3, 0.4) is 0 Å². The Hall–Kier alpha value is -3.58. The van der Waals surface area contributed by atoms with Crippen molar-refractivity contribution >= 4 is 35.0 Å². The molecule has 3 heterocycles. The molecule has 1 aromatic heterocycles. The molecule has 3 amide bonds. The first-order valence-corrected chi connectivity index (χ1v) is 10.7. The molecule has 2 aliphatic heterocycles. The highest BCUT2D eigenvalue weighted by atomic mass is 35.5. The Morgan fingerprint density at radius 1 is 1.09 bits per heavy atom. The molecule has 1 N–H and O–H groups in total. The zero-order chi connectivity index (χ0) is 22.2. The summed E-state index contributed by atoms with van der Waals surface area (Å²) >= 11 is 6.74. The summed E-state index contributed by atoms with van der Waals surface area (Å²) in [6, 6.07) is 15.0. The third-order valence-corrected chi connectivity index (χ3v) is 6.34. The second-order valence-corrected chi connectivity index (χ2v) is 8.31. The van der Waals surface area contributed by atoms with E-state index in [1.54, 1.807) is 17.2 Å². The molecule has 1 unspecified atom stereocenters. The first-order chi connectivity index (χ1) is 15.5. The van der Waals surface area contributed by atoms with E-state index in [2.05, 4.69) is 15.5 Å². The summed E-state index contributed by atoms with van der Waals surface area (Å²) in [5, 5.41) is 10.8. The molecular weight excluding hydrogens is 428 g/mol. The molecule has 1 atom stereocenters. The highest BCUT2D eigenvalue weighted by Gasteiger charge is 2.31. The number of nitrogens with zero attached hydrogens (tertiary/aromatic N) is 3. The molecule has 5 rings (SSSR count). The number of piperidine rings is 1. The fraction of sp³-hybridized carbons (Fsp3) is 0.208. The SMILES string of the molecule is O=C1CCC(c2cccc(-c3ccc4c(c3)CC(=O)N4Cc3cccnn3)c2Cl)C(=O)N1. The van der Waals surface area contributed by atoms with Gasteiger partial charge < -0.3 is 4.90 Å². The number of carbonyl (C=O) groups is 3. The summed E-state index contributed by atoms with van der Waals surface area (Å²) in [6.07, 6.45) is 2.62. The number of imide groups is 1. The van der Waals surface area contributed by atoms with E-state index in [4.69, 9.17) is 11.6 Å². The van der Waals surface area contributed by atoms with Gasteiger partial charge in [-0.3, -0.25) is 19.7 Å². The van der Waals surface area contributed by atoms with Crippen molar-refractivity contribution in [2.45, 2.75) is 31.7 Å². The third kappa shape index (κ3) is 3.65. The van der Waals surface area contributed by atoms with Crippen molar-refractivity contribution in [3.05, 3.63) is 76.6 Å². The second kappa shape index (κ2) is 8.16. The largest absolute Gasteiger partial charge is 0.306 e. The number of benzene rings is 2. The van der Waals surface area contributed by atoms with E-state index in [1.165, 1.54) is 0 Å². The summed E-state index contributed by atoms with van der Waals surface area (Å²) in [5.41, 5.74) is 4.85. The van der Waals surface area contributed by atoms with Gasteiger partial charge in [-0.05, 0) is 47.4 Å². The number of fused-ring (bicyclic) bond motifs is 1. The molecule has 7 nitrogen and oxygen atoms in total. The molecule has 2 aliphatic rings. The highest BCUT2D eigenvalue weighted by molar-refractivity contribution is 6.34. The Balaban J connectivity index is 1.46. The maximum Gasteiger partial charge on any atom is 0.234 e. The molecular formula is C24H19ClN4O3. The standard InChI is InChI=1S/C24H19ClN4O3/c25-23-17(4-1-5-18(23)19-7-9-21(30)27-24(19)32)14-6-8-20-15(11-14)12-22(31)29(20)13-16-3-2-10-26-28-16/h1-6,8,10-11,19H,7,9,12-13H2,(H,27,30,32). The van der Waals surface area contributed by atoms with Crippen molar-refractivity contribution in [1.29, 1.82) is 0 Å². The molecule has 0 radical (unpaired) electrons. The maximum absolute atomic E-state index is 12.7. The van der Waals surface area contributed by atoms with Crippen LogP contribution in [0.4, 0.5) is 5.69 Å².